The fourth-order valence-electron chi connectivity index (χ4n) is 2.61. The van der Waals surface area contributed by atoms with Gasteiger partial charge in [0.2, 0.25) is 15.9 Å². The minimum atomic E-state index is -3.52. The number of nitrogens with zero attached hydrogens (tertiary/aromatic N) is 2. The first-order chi connectivity index (χ1) is 11.2. The molecule has 3 N–H and O–H groups in total. The molecule has 0 saturated carbocycles. The number of piperidine rings is 1. The Morgan fingerprint density at radius 2 is 2.08 bits per heavy atom. The van der Waals surface area contributed by atoms with Gasteiger partial charge in [-0.25, -0.2) is 12.7 Å². The van der Waals surface area contributed by atoms with Crippen molar-refractivity contribution >= 4 is 38.9 Å². The largest absolute Gasteiger partial charge is 0.368 e. The van der Waals surface area contributed by atoms with Crippen molar-refractivity contribution in [2.45, 2.75) is 30.2 Å². The van der Waals surface area contributed by atoms with E-state index in [0.29, 0.717) is 23.8 Å². The minimum Gasteiger partial charge on any atom is -0.368 e. The second kappa shape index (κ2) is 7.45. The van der Waals surface area contributed by atoms with Gasteiger partial charge in [-0.3, -0.25) is 4.79 Å². The maximum absolute atomic E-state index is 12.2. The number of carbonyl (C=O) groups is 1. The molecule has 0 spiro atoms. The van der Waals surface area contributed by atoms with Gasteiger partial charge in [0.1, 0.15) is 6.04 Å². The molecule has 24 heavy (non-hydrogen) atoms. The zero-order valence-corrected chi connectivity index (χ0v) is 15.4. The quantitative estimate of drug-likeness (QED) is 0.767. The molecule has 0 unspecified atom stereocenters. The molecule has 1 aliphatic heterocycles. The second-order valence-electron chi connectivity index (χ2n) is 5.85. The Bertz CT molecular complexity index is 734. The maximum Gasteiger partial charge on any atom is 0.242 e. The van der Waals surface area contributed by atoms with Gasteiger partial charge in [-0.2, -0.15) is 0 Å². The third-order valence-electron chi connectivity index (χ3n) is 3.96. The van der Waals surface area contributed by atoms with Crippen LogP contribution in [0.25, 0.3) is 0 Å². The van der Waals surface area contributed by atoms with E-state index in [2.05, 4.69) is 5.32 Å². The molecule has 1 fully saturated rings. The number of primary amides is 1. The highest BCUT2D eigenvalue weighted by Crippen LogP contribution is 2.21. The van der Waals surface area contributed by atoms with E-state index < -0.39 is 22.0 Å². The molecule has 0 aromatic heterocycles. The summed E-state index contributed by atoms with van der Waals surface area (Å²) in [6.45, 7) is 0.648. The summed E-state index contributed by atoms with van der Waals surface area (Å²) >= 11 is 5.39. The van der Waals surface area contributed by atoms with Crippen molar-refractivity contribution in [2.24, 2.45) is 5.73 Å². The number of carbonyl (C=O) groups excluding carboxylic acids is 1. The van der Waals surface area contributed by atoms with E-state index in [9.17, 15) is 13.2 Å². The number of sulfonamides is 1. The summed E-state index contributed by atoms with van der Waals surface area (Å²) in [7, 11) is -0.567. The Balaban J connectivity index is 2.19. The predicted octanol–water partition coefficient (Wildman–Crippen LogP) is 0.974. The van der Waals surface area contributed by atoms with E-state index in [0.717, 1.165) is 17.1 Å². The molecule has 1 heterocycles. The highest BCUT2D eigenvalue weighted by Gasteiger charge is 2.28. The number of benzene rings is 1. The van der Waals surface area contributed by atoms with Gasteiger partial charge in [0.25, 0.3) is 0 Å². The lowest BCUT2D eigenvalue weighted by atomic mass is 10.0. The molecule has 2 rings (SSSR count). The molecule has 1 atom stereocenters. The van der Waals surface area contributed by atoms with E-state index in [4.69, 9.17) is 18.0 Å². The number of hydrogen-bond donors (Lipinski definition) is 2. The number of rotatable bonds is 4. The fraction of sp³-hybridized carbons (Fsp3) is 0.467. The van der Waals surface area contributed by atoms with E-state index >= 15 is 0 Å². The van der Waals surface area contributed by atoms with E-state index in [1.165, 1.54) is 26.2 Å². The van der Waals surface area contributed by atoms with Crippen molar-refractivity contribution in [1.82, 2.24) is 9.21 Å². The number of nitrogens with one attached hydrogen (secondary N) is 1. The van der Waals surface area contributed by atoms with E-state index in [1.54, 1.807) is 17.0 Å². The Morgan fingerprint density at radius 3 is 2.71 bits per heavy atom. The zero-order valence-electron chi connectivity index (χ0n) is 13.7. The Kier molecular flexibility index (Phi) is 5.79. The second-order valence-corrected chi connectivity index (χ2v) is 8.39. The van der Waals surface area contributed by atoms with Crippen LogP contribution in [0.4, 0.5) is 5.69 Å². The van der Waals surface area contributed by atoms with Gasteiger partial charge in [-0.1, -0.05) is 6.07 Å². The van der Waals surface area contributed by atoms with Crippen LogP contribution in [0.2, 0.25) is 0 Å². The topological polar surface area (TPSA) is 95.7 Å². The molecule has 1 amide bonds. The summed E-state index contributed by atoms with van der Waals surface area (Å²) in [4.78, 5) is 13.5. The standard InChI is InChI=1S/C15H22N4O3S2/c1-18(2)24(21,22)12-7-5-6-11(10-12)17-15(23)19-9-4-3-8-13(19)14(16)20/h5-7,10,13H,3-4,8-9H2,1-2H3,(H2,16,20)(H,17,23)/t13-/m1/s1. The minimum absolute atomic E-state index is 0.172. The van der Waals surface area contributed by atoms with E-state index in [-0.39, 0.29) is 4.90 Å². The summed E-state index contributed by atoms with van der Waals surface area (Å²) in [5.41, 5.74) is 6.00. The van der Waals surface area contributed by atoms with Crippen molar-refractivity contribution in [3.05, 3.63) is 24.3 Å². The van der Waals surface area contributed by atoms with Gasteiger partial charge >= 0.3 is 0 Å². The molecule has 0 radical (unpaired) electrons. The Hall–Kier alpha value is -1.71. The van der Waals surface area contributed by atoms with Crippen LogP contribution in [0.3, 0.4) is 0 Å². The van der Waals surface area contributed by atoms with Gasteiger partial charge in [0.05, 0.1) is 4.90 Å². The highest BCUT2D eigenvalue weighted by atomic mass is 32.2. The molecule has 9 heteroatoms. The first-order valence-corrected chi connectivity index (χ1v) is 9.48. The molecule has 1 aromatic rings. The molecule has 0 aliphatic carbocycles. The third kappa shape index (κ3) is 4.03. The Morgan fingerprint density at radius 1 is 1.38 bits per heavy atom. The zero-order chi connectivity index (χ0) is 17.9. The fourth-order valence-corrected chi connectivity index (χ4v) is 3.90. The van der Waals surface area contributed by atoms with Crippen LogP contribution in [0.1, 0.15) is 19.3 Å². The molecule has 1 saturated heterocycles. The van der Waals surface area contributed by atoms with Crippen LogP contribution < -0.4 is 11.1 Å². The van der Waals surface area contributed by atoms with Crippen molar-refractivity contribution in [3.63, 3.8) is 0 Å². The van der Waals surface area contributed by atoms with Crippen LogP contribution in [0.5, 0.6) is 0 Å². The average Bonchev–Trinajstić information content (AvgIpc) is 2.54. The van der Waals surface area contributed by atoms with Gasteiger partial charge < -0.3 is 16.0 Å². The van der Waals surface area contributed by atoms with Gasteiger partial charge in [0.15, 0.2) is 5.11 Å². The SMILES string of the molecule is CN(C)S(=O)(=O)c1cccc(NC(=S)N2CCCC[C@@H]2C(N)=O)c1. The summed E-state index contributed by atoms with van der Waals surface area (Å²) in [6, 6.07) is 5.99. The number of anilines is 1. The summed E-state index contributed by atoms with van der Waals surface area (Å²) in [5.74, 6) is -0.400. The number of likely N-dealkylation sites (tertiary alicyclic amines) is 1. The Labute approximate surface area is 147 Å². The van der Waals surface area contributed by atoms with Gasteiger partial charge in [-0.05, 0) is 49.7 Å². The average molecular weight is 371 g/mol. The van der Waals surface area contributed by atoms with Crippen molar-refractivity contribution < 1.29 is 13.2 Å². The smallest absolute Gasteiger partial charge is 0.242 e. The van der Waals surface area contributed by atoms with Gasteiger partial charge in [-0.15, -0.1) is 0 Å². The molecule has 7 nitrogen and oxygen atoms in total. The lowest BCUT2D eigenvalue weighted by Crippen LogP contribution is -2.51. The lowest BCUT2D eigenvalue weighted by molar-refractivity contribution is -0.122. The number of thiocarbonyl (C=S) groups is 1. The van der Waals surface area contributed by atoms with Crippen molar-refractivity contribution in [3.8, 4) is 0 Å². The first kappa shape index (κ1) is 18.6. The number of nitrogens with two attached hydrogens (primary N) is 1. The normalized spacial score (nSPS) is 18.5. The summed E-state index contributed by atoms with van der Waals surface area (Å²) in [5, 5.41) is 3.39. The summed E-state index contributed by atoms with van der Waals surface area (Å²) in [6.07, 6.45) is 2.54. The summed E-state index contributed by atoms with van der Waals surface area (Å²) < 4.78 is 25.6. The molecular weight excluding hydrogens is 348 g/mol. The molecule has 132 valence electrons. The molecular formula is C15H22N4O3S2. The van der Waals surface area contributed by atoms with Crippen LogP contribution in [-0.4, -0.2) is 55.3 Å². The molecule has 0 bridgehead atoms. The lowest BCUT2D eigenvalue weighted by Gasteiger charge is -2.35. The van der Waals surface area contributed by atoms with Gasteiger partial charge in [0, 0.05) is 26.3 Å². The number of amides is 1. The molecule has 1 aromatic carbocycles. The first-order valence-electron chi connectivity index (χ1n) is 7.63. The van der Waals surface area contributed by atoms with Crippen LogP contribution in [0, 0.1) is 0 Å². The highest BCUT2D eigenvalue weighted by molar-refractivity contribution is 7.89. The predicted molar refractivity (Wildman–Crippen MR) is 97.1 cm³/mol. The van der Waals surface area contributed by atoms with Crippen molar-refractivity contribution in [1.29, 1.82) is 0 Å². The van der Waals surface area contributed by atoms with E-state index in [1.807, 2.05) is 0 Å². The van der Waals surface area contributed by atoms with Crippen LogP contribution in [-0.2, 0) is 14.8 Å². The van der Waals surface area contributed by atoms with Crippen LogP contribution >= 0.6 is 12.2 Å². The maximum atomic E-state index is 12.2. The monoisotopic (exact) mass is 370 g/mol. The van der Waals surface area contributed by atoms with Crippen molar-refractivity contribution in [2.75, 3.05) is 26.0 Å². The number of hydrogen-bond acceptors (Lipinski definition) is 4. The van der Waals surface area contributed by atoms with Crippen LogP contribution in [0.15, 0.2) is 29.2 Å². The molecule has 1 aliphatic rings. The third-order valence-corrected chi connectivity index (χ3v) is 6.10.